The van der Waals surface area contributed by atoms with Gasteiger partial charge in [0.25, 0.3) is 5.91 Å². The molecular formula is C29H25Cl3FN5O5. The van der Waals surface area contributed by atoms with Crippen molar-refractivity contribution in [1.82, 2.24) is 24.0 Å². The van der Waals surface area contributed by atoms with Crippen LogP contribution >= 0.6 is 34.8 Å². The van der Waals surface area contributed by atoms with Gasteiger partial charge < -0.3 is 15.1 Å². The number of aromatic nitrogens is 4. The van der Waals surface area contributed by atoms with E-state index in [2.05, 4.69) is 16.5 Å². The van der Waals surface area contributed by atoms with Crippen molar-refractivity contribution >= 4 is 51.9 Å². The molecule has 1 fully saturated rings. The minimum Gasteiger partial charge on any atom is -0.346 e. The number of halogens is 4. The van der Waals surface area contributed by atoms with E-state index in [4.69, 9.17) is 34.8 Å². The van der Waals surface area contributed by atoms with E-state index < -0.39 is 41.7 Å². The topological polar surface area (TPSA) is 131 Å². The number of pyridine rings is 2. The number of carbonyl (C=O) groups is 1. The van der Waals surface area contributed by atoms with Crippen molar-refractivity contribution < 1.29 is 19.4 Å². The molecule has 0 unspecified atom stereocenters. The van der Waals surface area contributed by atoms with Gasteiger partial charge >= 0.3 is 11.1 Å². The fourth-order valence-corrected chi connectivity index (χ4v) is 5.77. The van der Waals surface area contributed by atoms with Crippen molar-refractivity contribution in [1.29, 1.82) is 0 Å². The molecule has 4 aromatic rings. The van der Waals surface area contributed by atoms with Crippen LogP contribution in [0.25, 0.3) is 28.1 Å². The molecule has 1 aliphatic rings. The number of hydrogen-bond acceptors (Lipinski definition) is 7. The molecule has 5 rings (SSSR count). The van der Waals surface area contributed by atoms with Crippen molar-refractivity contribution in [3.63, 3.8) is 0 Å². The van der Waals surface area contributed by atoms with E-state index in [1.54, 1.807) is 37.4 Å². The van der Waals surface area contributed by atoms with Crippen molar-refractivity contribution in [2.24, 2.45) is 0 Å². The maximum absolute atomic E-state index is 16.1. The minimum atomic E-state index is -3.61. The summed E-state index contributed by atoms with van der Waals surface area (Å²) in [5, 5.41) is 22.7. The van der Waals surface area contributed by atoms with Crippen molar-refractivity contribution in [2.45, 2.75) is 38.3 Å². The van der Waals surface area contributed by atoms with Crippen LogP contribution in [0.4, 0.5) is 4.39 Å². The summed E-state index contributed by atoms with van der Waals surface area (Å²) < 4.78 is 17.3. The summed E-state index contributed by atoms with van der Waals surface area (Å²) in [6.45, 7) is 7.13. The normalized spacial score (nSPS) is 14.7. The van der Waals surface area contributed by atoms with Crippen molar-refractivity contribution in [3.05, 3.63) is 96.2 Å². The van der Waals surface area contributed by atoms with Crippen LogP contribution in [0.15, 0.2) is 58.8 Å². The molecule has 3 aromatic heterocycles. The number of likely N-dealkylation sites (tertiary alicyclic amines) is 1. The predicted molar refractivity (Wildman–Crippen MR) is 162 cm³/mol. The van der Waals surface area contributed by atoms with Gasteiger partial charge in [-0.1, -0.05) is 67.4 Å². The molecule has 1 amide bonds. The highest BCUT2D eigenvalue weighted by Gasteiger charge is 2.62. The molecule has 2 N–H and O–H groups in total. The maximum Gasteiger partial charge on any atom is 0.322 e. The Kier molecular flexibility index (Phi) is 7.77. The number of rotatable bonds is 6. The van der Waals surface area contributed by atoms with Crippen LogP contribution < -0.4 is 11.1 Å². The fraction of sp³-hybridized carbons (Fsp3) is 0.276. The summed E-state index contributed by atoms with van der Waals surface area (Å²) >= 11 is 19.3. The quantitative estimate of drug-likeness (QED) is 0.181. The first-order valence-electron chi connectivity index (χ1n) is 13.0. The number of amides is 1. The summed E-state index contributed by atoms with van der Waals surface area (Å²) in [7, 11) is 0. The first kappa shape index (κ1) is 30.8. The molecule has 0 aliphatic carbocycles. The molecule has 0 saturated carbocycles. The molecule has 1 saturated heterocycles. The number of benzene rings is 1. The van der Waals surface area contributed by atoms with Crippen LogP contribution in [0.1, 0.15) is 31.0 Å². The van der Waals surface area contributed by atoms with E-state index >= 15 is 4.39 Å². The highest BCUT2D eigenvalue weighted by Crippen LogP contribution is 2.41. The lowest BCUT2D eigenvalue weighted by Crippen LogP contribution is -2.73. The second kappa shape index (κ2) is 10.8. The van der Waals surface area contributed by atoms with Gasteiger partial charge in [0, 0.05) is 11.8 Å². The first-order chi connectivity index (χ1) is 20.1. The highest BCUT2D eigenvalue weighted by molar-refractivity contribution is 6.44. The number of nitrogens with zero attached hydrogens (tertiary/aromatic N) is 5. The SMILES string of the molecule is C=CC(=O)N1CC(F)(C(O)(O)n2c(=O)c(=O)n(-c3c(C)ccnc3C(C)C)c3nc(-c4cccc(Cl)c4Cl)c(Cl)cc32)C1. The lowest BCUT2D eigenvalue weighted by atomic mass is 9.91. The van der Waals surface area contributed by atoms with Crippen molar-refractivity contribution in [3.8, 4) is 16.9 Å². The predicted octanol–water partition coefficient (Wildman–Crippen LogP) is 4.33. The first-order valence-corrected chi connectivity index (χ1v) is 14.1. The molecule has 1 aromatic carbocycles. The molecule has 224 valence electrons. The van der Waals surface area contributed by atoms with E-state index in [0.717, 1.165) is 21.6 Å². The van der Waals surface area contributed by atoms with Gasteiger partial charge in [0.1, 0.15) is 0 Å². The minimum absolute atomic E-state index is 0.0514. The van der Waals surface area contributed by atoms with E-state index in [9.17, 15) is 24.6 Å². The van der Waals surface area contributed by atoms with Gasteiger partial charge in [-0.05, 0) is 42.7 Å². The van der Waals surface area contributed by atoms with Crippen LogP contribution in [0, 0.1) is 6.92 Å². The van der Waals surface area contributed by atoms with Gasteiger partial charge in [-0.15, -0.1) is 0 Å². The number of fused-ring (bicyclic) bond motifs is 1. The summed E-state index contributed by atoms with van der Waals surface area (Å²) in [6.07, 6.45) is 2.49. The van der Waals surface area contributed by atoms with E-state index in [1.807, 2.05) is 13.8 Å². The smallest absolute Gasteiger partial charge is 0.322 e. The Hall–Kier alpha value is -3.61. The van der Waals surface area contributed by atoms with Gasteiger partial charge in [-0.25, -0.2) is 13.9 Å². The molecule has 0 atom stereocenters. The van der Waals surface area contributed by atoms with Gasteiger partial charge in [-0.3, -0.25) is 23.9 Å². The third kappa shape index (κ3) is 4.76. The molecule has 0 radical (unpaired) electrons. The Labute approximate surface area is 259 Å². The van der Waals surface area contributed by atoms with E-state index in [-0.39, 0.29) is 53.7 Å². The Morgan fingerprint density at radius 1 is 1.14 bits per heavy atom. The standard InChI is InChI=1S/C29H25Cl3FN5O5/c1-5-20(39)36-12-28(33,13-36)29(42,43)38-19-11-18(31)23(16-7-6-8-17(30)21(16)32)35-25(19)37(26(40)27(38)41)24-15(4)9-10-34-22(24)14(2)3/h5-11,14,42-43H,1,12-13H2,2-4H3. The summed E-state index contributed by atoms with van der Waals surface area (Å²) in [5.74, 6) is -4.48. The number of aliphatic hydroxyl groups is 2. The van der Waals surface area contributed by atoms with Crippen LogP contribution in [0.2, 0.25) is 15.1 Å². The number of aryl methyl sites for hydroxylation is 1. The van der Waals surface area contributed by atoms with Crippen LogP contribution in [-0.4, -0.2) is 58.9 Å². The summed E-state index contributed by atoms with van der Waals surface area (Å²) in [4.78, 5) is 49.6. The lowest BCUT2D eigenvalue weighted by Gasteiger charge is -2.49. The molecule has 0 spiro atoms. The lowest BCUT2D eigenvalue weighted by molar-refractivity contribution is -0.333. The molecular weight excluding hydrogens is 624 g/mol. The summed E-state index contributed by atoms with van der Waals surface area (Å²) in [5.41, 5.74) is -4.79. The maximum atomic E-state index is 16.1. The molecule has 10 nitrogen and oxygen atoms in total. The zero-order valence-corrected chi connectivity index (χ0v) is 25.4. The zero-order chi connectivity index (χ0) is 31.6. The number of hydrogen-bond donors (Lipinski definition) is 2. The van der Waals surface area contributed by atoms with E-state index in [0.29, 0.717) is 11.3 Å². The molecule has 1 aliphatic heterocycles. The van der Waals surface area contributed by atoms with Gasteiger partial charge in [0.05, 0.1) is 50.7 Å². The monoisotopic (exact) mass is 647 g/mol. The zero-order valence-electron chi connectivity index (χ0n) is 23.1. The third-order valence-electron chi connectivity index (χ3n) is 7.39. The molecule has 4 heterocycles. The van der Waals surface area contributed by atoms with Gasteiger partial charge in [0.2, 0.25) is 11.6 Å². The molecule has 14 heteroatoms. The average molecular weight is 649 g/mol. The highest BCUT2D eigenvalue weighted by atomic mass is 35.5. The molecule has 0 bridgehead atoms. The Bertz CT molecular complexity index is 1950. The largest absolute Gasteiger partial charge is 0.346 e. The van der Waals surface area contributed by atoms with Gasteiger partial charge in [-0.2, -0.15) is 0 Å². The summed E-state index contributed by atoms with van der Waals surface area (Å²) in [6, 6.07) is 7.53. The number of carbonyl (C=O) groups excluding carboxylic acids is 1. The van der Waals surface area contributed by atoms with Crippen molar-refractivity contribution in [2.75, 3.05) is 13.1 Å². The Balaban J connectivity index is 1.92. The van der Waals surface area contributed by atoms with Gasteiger partial charge in [0.15, 0.2) is 5.65 Å². The third-order valence-corrected chi connectivity index (χ3v) is 8.50. The van der Waals surface area contributed by atoms with Crippen LogP contribution in [0.5, 0.6) is 0 Å². The Morgan fingerprint density at radius 3 is 2.44 bits per heavy atom. The molecule has 43 heavy (non-hydrogen) atoms. The van der Waals surface area contributed by atoms with Crippen LogP contribution in [0.3, 0.4) is 0 Å². The van der Waals surface area contributed by atoms with Crippen LogP contribution in [-0.2, 0) is 10.7 Å². The fourth-order valence-electron chi connectivity index (χ4n) is 5.13. The number of alkyl halides is 1. The Morgan fingerprint density at radius 2 is 1.81 bits per heavy atom. The second-order valence-corrected chi connectivity index (χ2v) is 11.8. The van der Waals surface area contributed by atoms with E-state index in [1.165, 1.54) is 0 Å². The second-order valence-electron chi connectivity index (χ2n) is 10.6. The average Bonchev–Trinajstić information content (AvgIpc) is 2.93.